The van der Waals surface area contributed by atoms with E-state index < -0.39 is 0 Å². The minimum absolute atomic E-state index is 0.0357. The van der Waals surface area contributed by atoms with Gasteiger partial charge in [-0.1, -0.05) is 24.3 Å². The minimum Gasteiger partial charge on any atom is -0.484 e. The number of pyridine rings is 1. The second-order valence-corrected chi connectivity index (χ2v) is 6.45. The molecule has 0 radical (unpaired) electrons. The smallest absolute Gasteiger partial charge is 0.257 e. The van der Waals surface area contributed by atoms with Gasteiger partial charge in [0.25, 0.3) is 5.91 Å². The van der Waals surface area contributed by atoms with Gasteiger partial charge in [-0.15, -0.1) is 10.2 Å². The van der Waals surface area contributed by atoms with E-state index in [-0.39, 0.29) is 12.5 Å². The Hall–Kier alpha value is -3.87. The van der Waals surface area contributed by atoms with Crippen molar-refractivity contribution in [2.24, 2.45) is 0 Å². The third kappa shape index (κ3) is 4.90. The summed E-state index contributed by atoms with van der Waals surface area (Å²) in [6.45, 7) is 0.434. The fraction of sp³-hybridized carbons (Fsp3) is 0.136. The summed E-state index contributed by atoms with van der Waals surface area (Å²) in [5, 5.41) is 14.4. The lowest BCUT2D eigenvalue weighted by Gasteiger charge is -2.09. The van der Waals surface area contributed by atoms with Crippen molar-refractivity contribution in [2.75, 3.05) is 18.5 Å². The number of hydrogen-bond acceptors (Lipinski definition) is 5. The lowest BCUT2D eigenvalue weighted by Crippen LogP contribution is -2.30. The van der Waals surface area contributed by atoms with E-state index in [1.807, 2.05) is 83.4 Å². The van der Waals surface area contributed by atoms with E-state index >= 15 is 0 Å². The number of aromatic nitrogens is 3. The molecule has 0 aliphatic rings. The molecule has 0 fully saturated rings. The Labute approximate surface area is 168 Å². The first-order valence-corrected chi connectivity index (χ1v) is 9.38. The van der Waals surface area contributed by atoms with E-state index in [1.165, 1.54) is 0 Å². The summed E-state index contributed by atoms with van der Waals surface area (Å²) in [6, 6.07) is 23.1. The number of amides is 1. The summed E-state index contributed by atoms with van der Waals surface area (Å²) in [5.74, 6) is 1.27. The van der Waals surface area contributed by atoms with Gasteiger partial charge < -0.3 is 15.4 Å². The van der Waals surface area contributed by atoms with Crippen LogP contribution < -0.4 is 15.4 Å². The molecule has 2 aromatic carbocycles. The highest BCUT2D eigenvalue weighted by atomic mass is 16.5. The average molecular weight is 387 g/mol. The normalized spacial score (nSPS) is 10.6. The highest BCUT2D eigenvalue weighted by Crippen LogP contribution is 2.19. The molecular formula is C22H21N5O2. The number of hydrogen-bond donors (Lipinski definition) is 2. The molecule has 0 aliphatic carbocycles. The van der Waals surface area contributed by atoms with Crippen LogP contribution in [0, 0.1) is 0 Å². The van der Waals surface area contributed by atoms with Gasteiger partial charge in [-0.05, 0) is 48.5 Å². The molecule has 0 unspecified atom stereocenters. The maximum absolute atomic E-state index is 12.0. The number of benzene rings is 2. The number of carbonyl (C=O) groups excluding carboxylic acids is 1. The van der Waals surface area contributed by atoms with Crippen molar-refractivity contribution in [3.63, 3.8) is 0 Å². The van der Waals surface area contributed by atoms with Gasteiger partial charge in [0, 0.05) is 30.5 Å². The first kappa shape index (κ1) is 18.5. The van der Waals surface area contributed by atoms with Crippen molar-refractivity contribution in [1.82, 2.24) is 19.9 Å². The molecule has 29 heavy (non-hydrogen) atoms. The predicted molar refractivity (Wildman–Crippen MR) is 111 cm³/mol. The van der Waals surface area contributed by atoms with Crippen molar-refractivity contribution in [1.29, 1.82) is 0 Å². The number of nitrogens with one attached hydrogen (secondary N) is 2. The number of anilines is 2. The van der Waals surface area contributed by atoms with Gasteiger partial charge in [-0.2, -0.15) is 0 Å². The largest absolute Gasteiger partial charge is 0.484 e. The molecule has 0 atom stereocenters. The standard InChI is InChI=1S/C22H21N5O2/c28-22(23-14-13-21-26-25-20-8-4-5-15-27(20)21)16-29-19-11-9-18(10-12-19)24-17-6-2-1-3-7-17/h1-12,15,24H,13-14,16H2,(H,23,28). The Morgan fingerprint density at radius 3 is 2.48 bits per heavy atom. The van der Waals surface area contributed by atoms with Crippen LogP contribution in [0.4, 0.5) is 11.4 Å². The lowest BCUT2D eigenvalue weighted by molar-refractivity contribution is -0.123. The van der Waals surface area contributed by atoms with Gasteiger partial charge in [0.2, 0.25) is 0 Å². The van der Waals surface area contributed by atoms with Gasteiger partial charge in [-0.3, -0.25) is 9.20 Å². The van der Waals surface area contributed by atoms with Crippen LogP contribution in [0.15, 0.2) is 79.0 Å². The van der Waals surface area contributed by atoms with Crippen LogP contribution in [0.5, 0.6) is 5.75 Å². The van der Waals surface area contributed by atoms with Gasteiger partial charge in [0.1, 0.15) is 11.6 Å². The molecule has 0 aliphatic heterocycles. The molecule has 2 aromatic heterocycles. The van der Waals surface area contributed by atoms with Gasteiger partial charge in [-0.25, -0.2) is 0 Å². The summed E-state index contributed by atoms with van der Waals surface area (Å²) in [5.41, 5.74) is 2.76. The fourth-order valence-electron chi connectivity index (χ4n) is 2.90. The van der Waals surface area contributed by atoms with E-state index in [9.17, 15) is 4.79 Å². The lowest BCUT2D eigenvalue weighted by atomic mass is 10.2. The van der Waals surface area contributed by atoms with E-state index in [2.05, 4.69) is 20.8 Å². The quantitative estimate of drug-likeness (QED) is 0.485. The zero-order chi connectivity index (χ0) is 19.9. The summed E-state index contributed by atoms with van der Waals surface area (Å²) in [6.07, 6.45) is 2.50. The van der Waals surface area contributed by atoms with Gasteiger partial charge in [0.15, 0.2) is 12.3 Å². The number of carbonyl (C=O) groups is 1. The molecule has 0 bridgehead atoms. The van der Waals surface area contributed by atoms with Crippen LogP contribution in [0.3, 0.4) is 0 Å². The number of fused-ring (bicyclic) bond motifs is 1. The Balaban J connectivity index is 1.21. The van der Waals surface area contributed by atoms with Crippen LogP contribution in [0.1, 0.15) is 5.82 Å². The minimum atomic E-state index is -0.176. The van der Waals surface area contributed by atoms with Crippen LogP contribution in [0.25, 0.3) is 5.65 Å². The molecule has 4 aromatic rings. The fourth-order valence-corrected chi connectivity index (χ4v) is 2.90. The molecule has 7 nitrogen and oxygen atoms in total. The Kier molecular flexibility index (Phi) is 5.66. The molecule has 4 rings (SSSR count). The van der Waals surface area contributed by atoms with Crippen molar-refractivity contribution in [3.8, 4) is 5.75 Å². The van der Waals surface area contributed by atoms with Crippen molar-refractivity contribution >= 4 is 22.9 Å². The molecule has 146 valence electrons. The second kappa shape index (κ2) is 8.88. The SMILES string of the molecule is O=C(COc1ccc(Nc2ccccc2)cc1)NCCc1nnc2ccccn12. The third-order valence-corrected chi connectivity index (χ3v) is 4.34. The molecule has 7 heteroatoms. The highest BCUT2D eigenvalue weighted by molar-refractivity contribution is 5.77. The molecule has 0 spiro atoms. The van der Waals surface area contributed by atoms with E-state index in [0.29, 0.717) is 18.7 Å². The Morgan fingerprint density at radius 1 is 0.897 bits per heavy atom. The topological polar surface area (TPSA) is 80.5 Å². The van der Waals surface area contributed by atoms with Gasteiger partial charge >= 0.3 is 0 Å². The molecule has 2 N–H and O–H groups in total. The number of nitrogens with zero attached hydrogens (tertiary/aromatic N) is 3. The van der Waals surface area contributed by atoms with E-state index in [1.54, 1.807) is 0 Å². The van der Waals surface area contributed by atoms with Crippen LogP contribution in [0.2, 0.25) is 0 Å². The third-order valence-electron chi connectivity index (χ3n) is 4.34. The Bertz CT molecular complexity index is 1080. The molecule has 0 saturated heterocycles. The number of rotatable bonds is 8. The predicted octanol–water partition coefficient (Wildman–Crippen LogP) is 3.21. The average Bonchev–Trinajstić information content (AvgIpc) is 3.17. The van der Waals surface area contributed by atoms with Crippen LogP contribution >= 0.6 is 0 Å². The number of ether oxygens (including phenoxy) is 1. The van der Waals surface area contributed by atoms with Crippen molar-refractivity contribution < 1.29 is 9.53 Å². The molecular weight excluding hydrogens is 366 g/mol. The molecule has 2 heterocycles. The Morgan fingerprint density at radius 2 is 1.66 bits per heavy atom. The number of para-hydroxylation sites is 1. The summed E-state index contributed by atoms with van der Waals surface area (Å²) < 4.78 is 7.47. The summed E-state index contributed by atoms with van der Waals surface area (Å²) in [7, 11) is 0. The maximum Gasteiger partial charge on any atom is 0.257 e. The summed E-state index contributed by atoms with van der Waals surface area (Å²) >= 11 is 0. The van der Waals surface area contributed by atoms with Gasteiger partial charge in [0.05, 0.1) is 0 Å². The molecule has 0 saturated carbocycles. The maximum atomic E-state index is 12.0. The van der Waals surface area contributed by atoms with Crippen molar-refractivity contribution in [3.05, 3.63) is 84.8 Å². The second-order valence-electron chi connectivity index (χ2n) is 6.45. The monoisotopic (exact) mass is 387 g/mol. The first-order chi connectivity index (χ1) is 14.3. The van der Waals surface area contributed by atoms with E-state index in [4.69, 9.17) is 4.74 Å². The summed E-state index contributed by atoms with van der Waals surface area (Å²) in [4.78, 5) is 12.0. The first-order valence-electron chi connectivity index (χ1n) is 9.38. The van der Waals surface area contributed by atoms with Crippen molar-refractivity contribution in [2.45, 2.75) is 6.42 Å². The van der Waals surface area contributed by atoms with Crippen LogP contribution in [-0.2, 0) is 11.2 Å². The van der Waals surface area contributed by atoms with E-state index in [0.717, 1.165) is 22.8 Å². The van der Waals surface area contributed by atoms with Crippen LogP contribution in [-0.4, -0.2) is 33.7 Å². The zero-order valence-corrected chi connectivity index (χ0v) is 15.8. The zero-order valence-electron chi connectivity index (χ0n) is 15.8. The molecule has 1 amide bonds. The highest BCUT2D eigenvalue weighted by Gasteiger charge is 2.06.